The van der Waals surface area contributed by atoms with Crippen LogP contribution in [0.2, 0.25) is 0 Å². The molecule has 3 heteroatoms. The second-order valence-corrected chi connectivity index (χ2v) is 4.99. The summed E-state index contributed by atoms with van der Waals surface area (Å²) < 4.78 is 10.7. The maximum Gasteiger partial charge on any atom is 0.302 e. The van der Waals surface area contributed by atoms with Crippen LogP contribution in [0.4, 0.5) is 0 Å². The van der Waals surface area contributed by atoms with Gasteiger partial charge in [0.05, 0.1) is 12.2 Å². The molecule has 2 unspecified atom stereocenters. The van der Waals surface area contributed by atoms with Gasteiger partial charge >= 0.3 is 5.97 Å². The minimum atomic E-state index is -0.229. The zero-order valence-corrected chi connectivity index (χ0v) is 9.50. The summed E-state index contributed by atoms with van der Waals surface area (Å²) in [6, 6.07) is 0. The van der Waals surface area contributed by atoms with Gasteiger partial charge < -0.3 is 9.47 Å². The van der Waals surface area contributed by atoms with Gasteiger partial charge in [0, 0.05) is 6.92 Å². The molecule has 0 radical (unpaired) electrons. The second kappa shape index (κ2) is 4.30. The molecule has 0 amide bonds. The van der Waals surface area contributed by atoms with Crippen molar-refractivity contribution in [2.45, 2.75) is 52.7 Å². The Balaban J connectivity index is 2.31. The van der Waals surface area contributed by atoms with E-state index in [1.165, 1.54) is 6.92 Å². The fraction of sp³-hybridized carbons (Fsp3) is 0.909. The van der Waals surface area contributed by atoms with Crippen molar-refractivity contribution in [3.63, 3.8) is 0 Å². The standard InChI is InChI=1S/C11H20O3/c1-8(12)13-7-9-5-6-10(14-9)11(2,3)4/h9-10H,5-7H2,1-4H3. The fourth-order valence-electron chi connectivity index (χ4n) is 1.68. The highest BCUT2D eigenvalue weighted by molar-refractivity contribution is 5.65. The molecule has 3 nitrogen and oxygen atoms in total. The number of ether oxygens (including phenoxy) is 2. The number of carbonyl (C=O) groups excluding carboxylic acids is 1. The maximum atomic E-state index is 10.6. The second-order valence-electron chi connectivity index (χ2n) is 4.99. The van der Waals surface area contributed by atoms with Gasteiger partial charge in [-0.25, -0.2) is 0 Å². The summed E-state index contributed by atoms with van der Waals surface area (Å²) in [6.45, 7) is 8.35. The van der Waals surface area contributed by atoms with Crippen molar-refractivity contribution in [1.29, 1.82) is 0 Å². The van der Waals surface area contributed by atoms with E-state index in [9.17, 15) is 4.79 Å². The minimum absolute atomic E-state index is 0.100. The van der Waals surface area contributed by atoms with Gasteiger partial charge in [-0.15, -0.1) is 0 Å². The average molecular weight is 200 g/mol. The summed E-state index contributed by atoms with van der Waals surface area (Å²) in [4.78, 5) is 10.6. The fourth-order valence-corrected chi connectivity index (χ4v) is 1.68. The van der Waals surface area contributed by atoms with Gasteiger partial charge in [-0.05, 0) is 18.3 Å². The predicted octanol–water partition coefficient (Wildman–Crippen LogP) is 2.14. The van der Waals surface area contributed by atoms with E-state index >= 15 is 0 Å². The Kier molecular flexibility index (Phi) is 3.53. The molecule has 0 bridgehead atoms. The molecule has 0 aromatic rings. The van der Waals surface area contributed by atoms with Crippen LogP contribution in [-0.4, -0.2) is 24.8 Å². The first kappa shape index (κ1) is 11.5. The van der Waals surface area contributed by atoms with E-state index in [4.69, 9.17) is 9.47 Å². The SMILES string of the molecule is CC(=O)OCC1CCC(C(C)(C)C)O1. The van der Waals surface area contributed by atoms with Crippen molar-refractivity contribution in [2.24, 2.45) is 5.41 Å². The van der Waals surface area contributed by atoms with Crippen LogP contribution in [0.3, 0.4) is 0 Å². The van der Waals surface area contributed by atoms with Crippen LogP contribution < -0.4 is 0 Å². The van der Waals surface area contributed by atoms with Crippen LogP contribution in [0.15, 0.2) is 0 Å². The average Bonchev–Trinajstić information content (AvgIpc) is 2.47. The van der Waals surface area contributed by atoms with Crippen molar-refractivity contribution in [2.75, 3.05) is 6.61 Å². The van der Waals surface area contributed by atoms with E-state index in [1.807, 2.05) is 0 Å². The van der Waals surface area contributed by atoms with E-state index in [2.05, 4.69) is 20.8 Å². The number of esters is 1. The monoisotopic (exact) mass is 200 g/mol. The Labute approximate surface area is 85.8 Å². The molecule has 0 aliphatic carbocycles. The minimum Gasteiger partial charge on any atom is -0.463 e. The van der Waals surface area contributed by atoms with E-state index in [0.717, 1.165) is 12.8 Å². The lowest BCUT2D eigenvalue weighted by Crippen LogP contribution is -2.27. The van der Waals surface area contributed by atoms with Crippen LogP contribution in [0.1, 0.15) is 40.5 Å². The zero-order chi connectivity index (χ0) is 10.8. The van der Waals surface area contributed by atoms with Gasteiger partial charge in [0.25, 0.3) is 0 Å². The molecule has 0 aromatic carbocycles. The molecule has 1 rings (SSSR count). The van der Waals surface area contributed by atoms with Crippen LogP contribution in [0.25, 0.3) is 0 Å². The Hall–Kier alpha value is -0.570. The van der Waals surface area contributed by atoms with Crippen molar-refractivity contribution >= 4 is 5.97 Å². The molecule has 0 saturated carbocycles. The zero-order valence-electron chi connectivity index (χ0n) is 9.50. The molecule has 1 heterocycles. The largest absolute Gasteiger partial charge is 0.463 e. The molecule has 82 valence electrons. The molecule has 0 aromatic heterocycles. The first-order valence-corrected chi connectivity index (χ1v) is 5.18. The van der Waals surface area contributed by atoms with Crippen molar-refractivity contribution in [1.82, 2.24) is 0 Å². The lowest BCUT2D eigenvalue weighted by Gasteiger charge is -2.26. The third-order valence-electron chi connectivity index (χ3n) is 2.55. The Bertz CT molecular complexity index is 205. The number of hydrogen-bond donors (Lipinski definition) is 0. The molecular formula is C11H20O3. The summed E-state index contributed by atoms with van der Waals surface area (Å²) in [5.74, 6) is -0.229. The number of hydrogen-bond acceptors (Lipinski definition) is 3. The third-order valence-corrected chi connectivity index (χ3v) is 2.55. The molecule has 0 spiro atoms. The van der Waals surface area contributed by atoms with Crippen LogP contribution in [0, 0.1) is 5.41 Å². The van der Waals surface area contributed by atoms with E-state index in [-0.39, 0.29) is 17.5 Å². The van der Waals surface area contributed by atoms with Gasteiger partial charge in [0.1, 0.15) is 6.61 Å². The smallest absolute Gasteiger partial charge is 0.302 e. The highest BCUT2D eigenvalue weighted by Crippen LogP contribution is 2.33. The Morgan fingerprint density at radius 2 is 2.07 bits per heavy atom. The lowest BCUT2D eigenvalue weighted by molar-refractivity contribution is -0.145. The first-order valence-electron chi connectivity index (χ1n) is 5.18. The summed E-state index contributed by atoms with van der Waals surface area (Å²) in [7, 11) is 0. The Morgan fingerprint density at radius 1 is 1.43 bits per heavy atom. The summed E-state index contributed by atoms with van der Waals surface area (Å²) in [5.41, 5.74) is 0.185. The summed E-state index contributed by atoms with van der Waals surface area (Å²) >= 11 is 0. The van der Waals surface area contributed by atoms with Gasteiger partial charge in [-0.3, -0.25) is 4.79 Å². The van der Waals surface area contributed by atoms with Crippen LogP contribution >= 0.6 is 0 Å². The van der Waals surface area contributed by atoms with Crippen molar-refractivity contribution in [3.8, 4) is 0 Å². The van der Waals surface area contributed by atoms with Crippen LogP contribution in [-0.2, 0) is 14.3 Å². The normalized spacial score (nSPS) is 27.7. The van der Waals surface area contributed by atoms with Crippen LogP contribution in [0.5, 0.6) is 0 Å². The number of carbonyl (C=O) groups is 1. The molecular weight excluding hydrogens is 180 g/mol. The highest BCUT2D eigenvalue weighted by Gasteiger charge is 2.34. The van der Waals surface area contributed by atoms with Gasteiger partial charge in [-0.1, -0.05) is 20.8 Å². The Morgan fingerprint density at radius 3 is 2.50 bits per heavy atom. The molecule has 1 aliphatic heterocycles. The van der Waals surface area contributed by atoms with Gasteiger partial charge in [-0.2, -0.15) is 0 Å². The predicted molar refractivity (Wildman–Crippen MR) is 54.0 cm³/mol. The quantitative estimate of drug-likeness (QED) is 0.641. The molecule has 1 fully saturated rings. The highest BCUT2D eigenvalue weighted by atomic mass is 16.6. The van der Waals surface area contributed by atoms with Gasteiger partial charge in [0.2, 0.25) is 0 Å². The maximum absolute atomic E-state index is 10.6. The molecule has 1 aliphatic rings. The number of rotatable bonds is 2. The summed E-state index contributed by atoms with van der Waals surface area (Å²) in [5, 5.41) is 0. The lowest BCUT2D eigenvalue weighted by atomic mass is 9.87. The molecule has 2 atom stereocenters. The molecule has 1 saturated heterocycles. The molecule has 0 N–H and O–H groups in total. The van der Waals surface area contributed by atoms with Crippen molar-refractivity contribution < 1.29 is 14.3 Å². The van der Waals surface area contributed by atoms with E-state index in [0.29, 0.717) is 12.7 Å². The van der Waals surface area contributed by atoms with Crippen molar-refractivity contribution in [3.05, 3.63) is 0 Å². The summed E-state index contributed by atoms with van der Waals surface area (Å²) in [6.07, 6.45) is 2.45. The van der Waals surface area contributed by atoms with E-state index < -0.39 is 0 Å². The first-order chi connectivity index (χ1) is 6.39. The molecule has 14 heavy (non-hydrogen) atoms. The topological polar surface area (TPSA) is 35.5 Å². The van der Waals surface area contributed by atoms with Gasteiger partial charge in [0.15, 0.2) is 0 Å². The third kappa shape index (κ3) is 3.29. The van der Waals surface area contributed by atoms with E-state index in [1.54, 1.807) is 0 Å².